The van der Waals surface area contributed by atoms with Crippen molar-refractivity contribution in [2.75, 3.05) is 0 Å². The van der Waals surface area contributed by atoms with Crippen molar-refractivity contribution >= 4 is 10.8 Å². The summed E-state index contributed by atoms with van der Waals surface area (Å²) >= 11 is 0. The van der Waals surface area contributed by atoms with Gasteiger partial charge in [-0.3, -0.25) is 0 Å². The number of fused-ring (bicyclic) bond motifs is 2. The van der Waals surface area contributed by atoms with Crippen molar-refractivity contribution in [3.63, 3.8) is 0 Å². The van der Waals surface area contributed by atoms with Crippen molar-refractivity contribution < 1.29 is 0 Å². The highest BCUT2D eigenvalue weighted by Gasteiger charge is 2.32. The van der Waals surface area contributed by atoms with Gasteiger partial charge >= 0.3 is 0 Å². The molecular weight excluding hydrogens is 204 g/mol. The topological polar surface area (TPSA) is 0 Å². The van der Waals surface area contributed by atoms with Crippen LogP contribution in [-0.4, -0.2) is 0 Å². The van der Waals surface area contributed by atoms with Gasteiger partial charge in [0.25, 0.3) is 0 Å². The zero-order chi connectivity index (χ0) is 11.2. The minimum Gasteiger partial charge on any atom is -0.0619 e. The van der Waals surface area contributed by atoms with Gasteiger partial charge in [0.1, 0.15) is 0 Å². The quantitative estimate of drug-likeness (QED) is 0.444. The van der Waals surface area contributed by atoms with Crippen molar-refractivity contribution in [2.45, 2.75) is 5.92 Å². The molecule has 1 aliphatic carbocycles. The summed E-state index contributed by atoms with van der Waals surface area (Å²) in [6.45, 7) is 0. The van der Waals surface area contributed by atoms with Crippen LogP contribution in [0.15, 0.2) is 66.7 Å². The Balaban J connectivity index is 1.84. The predicted molar refractivity (Wildman–Crippen MR) is 71.3 cm³/mol. The molecule has 0 saturated heterocycles. The Morgan fingerprint density at radius 3 is 2.00 bits per heavy atom. The lowest BCUT2D eigenvalue weighted by molar-refractivity contribution is 1.21. The molecule has 0 spiro atoms. The summed E-state index contributed by atoms with van der Waals surface area (Å²) in [7, 11) is 0. The Morgan fingerprint density at radius 2 is 1.24 bits per heavy atom. The van der Waals surface area contributed by atoms with Gasteiger partial charge in [-0.05, 0) is 27.5 Å². The average molecular weight is 216 g/mol. The molecule has 80 valence electrons. The largest absolute Gasteiger partial charge is 0.0619 e. The second-order valence-electron chi connectivity index (χ2n) is 4.67. The van der Waals surface area contributed by atoms with Gasteiger partial charge in [0.2, 0.25) is 0 Å². The van der Waals surface area contributed by atoms with Gasteiger partial charge in [0, 0.05) is 5.92 Å². The maximum absolute atomic E-state index is 2.32. The minimum atomic E-state index is 0.551. The van der Waals surface area contributed by atoms with Gasteiger partial charge in [0.15, 0.2) is 0 Å². The summed E-state index contributed by atoms with van der Waals surface area (Å²) in [6.07, 6.45) is 0. The predicted octanol–water partition coefficient (Wildman–Crippen LogP) is 4.33. The SMILES string of the molecule is c1ccc2c(c1)C2c1ccc2ccccc2c1. The lowest BCUT2D eigenvalue weighted by Crippen LogP contribution is -1.81. The number of rotatable bonds is 1. The molecule has 0 fully saturated rings. The Labute approximate surface area is 101 Å². The third-order valence-corrected chi connectivity index (χ3v) is 3.64. The standard InChI is InChI=1S/C17H12/c1-2-6-13-11-14(10-9-12(13)5-1)17-15-7-3-4-8-16(15)17/h1-11,17H. The maximum atomic E-state index is 2.32. The van der Waals surface area contributed by atoms with Gasteiger partial charge in [-0.2, -0.15) is 0 Å². The van der Waals surface area contributed by atoms with Gasteiger partial charge in [-0.1, -0.05) is 66.7 Å². The molecule has 0 N–H and O–H groups in total. The first-order valence-electron chi connectivity index (χ1n) is 6.01. The molecule has 0 nitrogen and oxygen atoms in total. The van der Waals surface area contributed by atoms with Crippen LogP contribution >= 0.6 is 0 Å². The first-order chi connectivity index (χ1) is 8.43. The molecule has 17 heavy (non-hydrogen) atoms. The van der Waals surface area contributed by atoms with Gasteiger partial charge in [-0.25, -0.2) is 0 Å². The van der Waals surface area contributed by atoms with E-state index in [0.717, 1.165) is 0 Å². The Bertz CT molecular complexity index is 687. The van der Waals surface area contributed by atoms with Gasteiger partial charge in [0.05, 0.1) is 0 Å². The number of benzene rings is 3. The molecule has 0 amide bonds. The summed E-state index contributed by atoms with van der Waals surface area (Å²) in [5, 5.41) is 2.66. The Hall–Kier alpha value is -2.08. The fourth-order valence-corrected chi connectivity index (χ4v) is 2.71. The highest BCUT2D eigenvalue weighted by molar-refractivity contribution is 5.84. The first-order valence-corrected chi connectivity index (χ1v) is 6.01. The van der Waals surface area contributed by atoms with E-state index in [2.05, 4.69) is 66.7 Å². The number of hydrogen-bond donors (Lipinski definition) is 0. The van der Waals surface area contributed by atoms with E-state index in [1.165, 1.54) is 27.5 Å². The zero-order valence-electron chi connectivity index (χ0n) is 9.43. The van der Waals surface area contributed by atoms with Crippen molar-refractivity contribution in [1.82, 2.24) is 0 Å². The van der Waals surface area contributed by atoms with Crippen LogP contribution in [0.4, 0.5) is 0 Å². The summed E-state index contributed by atoms with van der Waals surface area (Å²) in [5.41, 5.74) is 4.40. The van der Waals surface area contributed by atoms with Gasteiger partial charge < -0.3 is 0 Å². The molecule has 4 rings (SSSR count). The molecule has 0 aliphatic heterocycles. The second-order valence-corrected chi connectivity index (χ2v) is 4.67. The van der Waals surface area contributed by atoms with Crippen LogP contribution < -0.4 is 0 Å². The molecule has 0 radical (unpaired) electrons. The van der Waals surface area contributed by atoms with Crippen LogP contribution in [0.25, 0.3) is 10.8 Å². The summed E-state index contributed by atoms with van der Waals surface area (Å²) in [5.74, 6) is 0.551. The van der Waals surface area contributed by atoms with Crippen molar-refractivity contribution in [2.24, 2.45) is 0 Å². The highest BCUT2D eigenvalue weighted by atomic mass is 14.3. The van der Waals surface area contributed by atoms with Crippen molar-refractivity contribution in [1.29, 1.82) is 0 Å². The van der Waals surface area contributed by atoms with E-state index in [-0.39, 0.29) is 0 Å². The Kier molecular flexibility index (Phi) is 1.70. The molecule has 0 heterocycles. The third-order valence-electron chi connectivity index (χ3n) is 3.64. The zero-order valence-corrected chi connectivity index (χ0v) is 9.43. The van der Waals surface area contributed by atoms with Crippen LogP contribution in [0.2, 0.25) is 0 Å². The fraction of sp³-hybridized carbons (Fsp3) is 0.0588. The fourth-order valence-electron chi connectivity index (χ4n) is 2.71. The molecule has 3 aromatic rings. The molecule has 0 aromatic heterocycles. The molecule has 0 atom stereocenters. The molecule has 3 aromatic carbocycles. The smallest absolute Gasteiger partial charge is 0.0346 e. The van der Waals surface area contributed by atoms with E-state index in [1.807, 2.05) is 0 Å². The van der Waals surface area contributed by atoms with E-state index in [4.69, 9.17) is 0 Å². The van der Waals surface area contributed by atoms with Crippen LogP contribution in [0.3, 0.4) is 0 Å². The third kappa shape index (κ3) is 1.31. The summed E-state index contributed by atoms with van der Waals surface area (Å²) in [6, 6.07) is 24.1. The van der Waals surface area contributed by atoms with Crippen molar-refractivity contribution in [3.05, 3.63) is 83.4 Å². The average Bonchev–Trinajstić information content (AvgIpc) is 3.12. The van der Waals surface area contributed by atoms with Crippen LogP contribution in [0.5, 0.6) is 0 Å². The van der Waals surface area contributed by atoms with Crippen molar-refractivity contribution in [3.8, 4) is 0 Å². The number of hydrogen-bond acceptors (Lipinski definition) is 0. The lowest BCUT2D eigenvalue weighted by atomic mass is 10.0. The van der Waals surface area contributed by atoms with E-state index in [1.54, 1.807) is 0 Å². The van der Waals surface area contributed by atoms with Crippen LogP contribution in [0.1, 0.15) is 22.6 Å². The minimum absolute atomic E-state index is 0.551. The summed E-state index contributed by atoms with van der Waals surface area (Å²) < 4.78 is 0. The molecule has 1 aliphatic rings. The monoisotopic (exact) mass is 216 g/mol. The molecular formula is C17H12. The van der Waals surface area contributed by atoms with E-state index in [0.29, 0.717) is 5.92 Å². The molecule has 0 heteroatoms. The molecule has 0 bridgehead atoms. The van der Waals surface area contributed by atoms with Crippen LogP contribution in [-0.2, 0) is 0 Å². The second kappa shape index (κ2) is 3.21. The van der Waals surface area contributed by atoms with Gasteiger partial charge in [-0.15, -0.1) is 0 Å². The highest BCUT2D eigenvalue weighted by Crippen LogP contribution is 2.48. The first kappa shape index (κ1) is 9.00. The van der Waals surface area contributed by atoms with E-state index in [9.17, 15) is 0 Å². The molecule has 0 unspecified atom stereocenters. The normalized spacial score (nSPS) is 13.6. The summed E-state index contributed by atoms with van der Waals surface area (Å²) in [4.78, 5) is 0. The maximum Gasteiger partial charge on any atom is 0.0346 e. The lowest BCUT2D eigenvalue weighted by Gasteiger charge is -2.01. The van der Waals surface area contributed by atoms with E-state index >= 15 is 0 Å². The Morgan fingerprint density at radius 1 is 0.588 bits per heavy atom. The van der Waals surface area contributed by atoms with Crippen LogP contribution in [0, 0.1) is 0 Å². The molecule has 0 saturated carbocycles. The van der Waals surface area contributed by atoms with E-state index < -0.39 is 0 Å².